The van der Waals surface area contributed by atoms with Crippen LogP contribution in [0.1, 0.15) is 528 Å². The molecule has 0 saturated carbocycles. The molecular formula is C92H179NO5. The van der Waals surface area contributed by atoms with Gasteiger partial charge >= 0.3 is 5.97 Å². The Hall–Kier alpha value is -1.66. The first-order valence-corrected chi connectivity index (χ1v) is 45.6. The van der Waals surface area contributed by atoms with Gasteiger partial charge in [-0.15, -0.1) is 0 Å². The number of rotatable bonds is 87. The second-order valence-electron chi connectivity index (χ2n) is 31.6. The lowest BCUT2D eigenvalue weighted by molar-refractivity contribution is -0.143. The molecule has 6 nitrogen and oxygen atoms in total. The number of aliphatic hydroxyl groups is 2. The van der Waals surface area contributed by atoms with Crippen molar-refractivity contribution in [2.24, 2.45) is 0 Å². The fourth-order valence-corrected chi connectivity index (χ4v) is 14.9. The molecule has 0 aliphatic rings. The molecule has 0 rings (SSSR count). The fourth-order valence-electron chi connectivity index (χ4n) is 14.9. The molecule has 0 saturated heterocycles. The summed E-state index contributed by atoms with van der Waals surface area (Å²) in [6.07, 6.45) is 115. The molecule has 1 amide bonds. The van der Waals surface area contributed by atoms with Crippen molar-refractivity contribution in [1.29, 1.82) is 0 Å². The van der Waals surface area contributed by atoms with Crippen molar-refractivity contribution >= 4 is 11.9 Å². The highest BCUT2D eigenvalue weighted by Gasteiger charge is 2.20. The maximum atomic E-state index is 12.6. The summed E-state index contributed by atoms with van der Waals surface area (Å²) in [5.41, 5.74) is 0. The Bertz CT molecular complexity index is 1550. The minimum Gasteiger partial charge on any atom is -0.466 e. The number of allylic oxidation sites excluding steroid dienone is 4. The second-order valence-corrected chi connectivity index (χ2v) is 31.6. The monoisotopic (exact) mass is 1380 g/mol. The lowest BCUT2D eigenvalue weighted by Gasteiger charge is -2.22. The maximum absolute atomic E-state index is 12.6. The summed E-state index contributed by atoms with van der Waals surface area (Å²) in [5.74, 6) is -0.00423. The number of unbranched alkanes of at least 4 members (excludes halogenated alkanes) is 72. The number of esters is 1. The quantitative estimate of drug-likeness (QED) is 0.0320. The van der Waals surface area contributed by atoms with Gasteiger partial charge in [0.05, 0.1) is 25.4 Å². The second kappa shape index (κ2) is 87.7. The molecule has 2 atom stereocenters. The first kappa shape index (κ1) is 96.3. The van der Waals surface area contributed by atoms with Gasteiger partial charge in [0.2, 0.25) is 5.91 Å². The van der Waals surface area contributed by atoms with Crippen molar-refractivity contribution in [1.82, 2.24) is 5.32 Å². The molecule has 0 fully saturated rings. The van der Waals surface area contributed by atoms with Crippen LogP contribution in [-0.2, 0) is 14.3 Å². The summed E-state index contributed by atoms with van der Waals surface area (Å²) in [6.45, 7) is 5.00. The molecule has 0 aliphatic heterocycles. The van der Waals surface area contributed by atoms with E-state index in [0.717, 1.165) is 51.4 Å². The van der Waals surface area contributed by atoms with E-state index in [-0.39, 0.29) is 18.5 Å². The van der Waals surface area contributed by atoms with Gasteiger partial charge in [0.25, 0.3) is 0 Å². The van der Waals surface area contributed by atoms with E-state index in [9.17, 15) is 19.8 Å². The van der Waals surface area contributed by atoms with Crippen LogP contribution in [0, 0.1) is 0 Å². The molecular weight excluding hydrogens is 1200 g/mol. The Morgan fingerprint density at radius 1 is 0.286 bits per heavy atom. The number of hydrogen-bond donors (Lipinski definition) is 3. The molecule has 2 unspecified atom stereocenters. The number of ether oxygens (including phenoxy) is 1. The molecule has 0 heterocycles. The van der Waals surface area contributed by atoms with E-state index in [4.69, 9.17) is 4.74 Å². The van der Waals surface area contributed by atoms with Crippen LogP contribution < -0.4 is 5.32 Å². The van der Waals surface area contributed by atoms with Gasteiger partial charge in [-0.2, -0.15) is 0 Å². The summed E-state index contributed by atoms with van der Waals surface area (Å²) in [5, 5.41) is 23.5. The molecule has 582 valence electrons. The molecule has 0 bridgehead atoms. The number of amides is 1. The van der Waals surface area contributed by atoms with Crippen molar-refractivity contribution in [2.45, 2.75) is 540 Å². The van der Waals surface area contributed by atoms with Crippen molar-refractivity contribution in [2.75, 3.05) is 13.2 Å². The molecule has 6 heteroatoms. The number of aliphatic hydroxyl groups excluding tert-OH is 2. The first-order chi connectivity index (χ1) is 48.5. The average molecular weight is 1380 g/mol. The van der Waals surface area contributed by atoms with Crippen LogP contribution in [0.15, 0.2) is 24.3 Å². The minimum absolute atomic E-state index is 0.0179. The lowest BCUT2D eigenvalue weighted by Crippen LogP contribution is -2.45. The number of carbonyl (C=O) groups excluding carboxylic acids is 2. The number of hydrogen-bond acceptors (Lipinski definition) is 5. The Kier molecular flexibility index (Phi) is 86.3. The number of carbonyl (C=O) groups is 2. The van der Waals surface area contributed by atoms with Gasteiger partial charge in [-0.3, -0.25) is 9.59 Å². The SMILES string of the molecule is CCCCCC/C=C\C/C=C\CCCCCCCCCC(=O)OCCCCCCCCCCCCCCCCCCCCCCCCCCCCCCCCCCCCCCCCCC(=O)NC(CO)C(O)CCCCCCCCCCCCCCCCCCCCCCCCCC. The zero-order valence-corrected chi connectivity index (χ0v) is 67.1. The van der Waals surface area contributed by atoms with Gasteiger partial charge in [-0.1, -0.05) is 481 Å². The van der Waals surface area contributed by atoms with Crippen molar-refractivity contribution in [3.63, 3.8) is 0 Å². The molecule has 0 spiro atoms. The largest absolute Gasteiger partial charge is 0.466 e. The van der Waals surface area contributed by atoms with Crippen LogP contribution in [0.25, 0.3) is 0 Å². The predicted octanol–water partition coefficient (Wildman–Crippen LogP) is 30.7. The average Bonchev–Trinajstić information content (AvgIpc) is 1.88. The van der Waals surface area contributed by atoms with Crippen LogP contribution in [0.4, 0.5) is 0 Å². The highest BCUT2D eigenvalue weighted by atomic mass is 16.5. The van der Waals surface area contributed by atoms with Crippen LogP contribution in [0.5, 0.6) is 0 Å². The summed E-state index contributed by atoms with van der Waals surface area (Å²) < 4.78 is 5.52. The third kappa shape index (κ3) is 83.3. The minimum atomic E-state index is -0.661. The van der Waals surface area contributed by atoms with E-state index in [2.05, 4.69) is 43.5 Å². The van der Waals surface area contributed by atoms with Gasteiger partial charge in [0, 0.05) is 12.8 Å². The van der Waals surface area contributed by atoms with Crippen LogP contribution in [-0.4, -0.2) is 47.4 Å². The maximum Gasteiger partial charge on any atom is 0.305 e. The normalized spacial score (nSPS) is 12.5. The van der Waals surface area contributed by atoms with E-state index >= 15 is 0 Å². The van der Waals surface area contributed by atoms with E-state index in [1.165, 1.54) is 443 Å². The molecule has 0 aliphatic carbocycles. The highest BCUT2D eigenvalue weighted by Crippen LogP contribution is 2.22. The fraction of sp³-hybridized carbons (Fsp3) is 0.935. The van der Waals surface area contributed by atoms with Crippen molar-refractivity contribution in [3.05, 3.63) is 24.3 Å². The first-order valence-electron chi connectivity index (χ1n) is 45.6. The summed E-state index contributed by atoms with van der Waals surface area (Å²) in [6, 6.07) is -0.538. The molecule has 0 aromatic carbocycles. The Labute approximate surface area is 615 Å². The van der Waals surface area contributed by atoms with Gasteiger partial charge in [0.15, 0.2) is 0 Å². The van der Waals surface area contributed by atoms with Crippen LogP contribution in [0.3, 0.4) is 0 Å². The molecule has 0 aromatic rings. The third-order valence-corrected chi connectivity index (χ3v) is 21.8. The third-order valence-electron chi connectivity index (χ3n) is 21.8. The van der Waals surface area contributed by atoms with E-state index in [1.54, 1.807) is 0 Å². The smallest absolute Gasteiger partial charge is 0.305 e. The van der Waals surface area contributed by atoms with Gasteiger partial charge < -0.3 is 20.3 Å². The van der Waals surface area contributed by atoms with E-state index in [0.29, 0.717) is 25.9 Å². The standard InChI is InChI=1S/C92H179NO5/c1-3-5-7-9-11-13-15-17-19-21-23-24-25-43-46-49-52-56-60-64-68-72-76-80-84-90(95)89(88-94)93-91(96)85-81-77-73-69-65-61-57-53-50-47-44-41-39-37-35-33-31-29-27-26-28-30-32-34-36-38-40-42-45-48-51-55-59-63-67-71-75-79-83-87-98-92(97)86-82-78-74-70-66-62-58-54-22-20-18-16-14-12-10-8-6-4-2/h14,16,20,22,89-90,94-95H,3-13,15,17-19,21,23-88H2,1-2H3,(H,93,96)/b16-14-,22-20-. The summed E-state index contributed by atoms with van der Waals surface area (Å²) >= 11 is 0. The van der Waals surface area contributed by atoms with Crippen molar-refractivity contribution < 1.29 is 24.5 Å². The molecule has 0 radical (unpaired) electrons. The van der Waals surface area contributed by atoms with E-state index in [1.807, 2.05) is 0 Å². The summed E-state index contributed by atoms with van der Waals surface area (Å²) in [4.78, 5) is 24.7. The Balaban J connectivity index is 3.30. The highest BCUT2D eigenvalue weighted by molar-refractivity contribution is 5.76. The van der Waals surface area contributed by atoms with Crippen LogP contribution >= 0.6 is 0 Å². The van der Waals surface area contributed by atoms with Crippen molar-refractivity contribution in [3.8, 4) is 0 Å². The van der Waals surface area contributed by atoms with E-state index < -0.39 is 12.1 Å². The molecule has 0 aromatic heterocycles. The van der Waals surface area contributed by atoms with Crippen LogP contribution in [0.2, 0.25) is 0 Å². The zero-order chi connectivity index (χ0) is 70.5. The molecule has 3 N–H and O–H groups in total. The Morgan fingerprint density at radius 2 is 0.510 bits per heavy atom. The summed E-state index contributed by atoms with van der Waals surface area (Å²) in [7, 11) is 0. The molecule has 98 heavy (non-hydrogen) atoms. The van der Waals surface area contributed by atoms with Gasteiger partial charge in [-0.25, -0.2) is 0 Å². The van der Waals surface area contributed by atoms with Gasteiger partial charge in [0.1, 0.15) is 0 Å². The predicted molar refractivity (Wildman–Crippen MR) is 435 cm³/mol. The Morgan fingerprint density at radius 3 is 0.786 bits per heavy atom. The zero-order valence-electron chi connectivity index (χ0n) is 67.1. The number of nitrogens with one attached hydrogen (secondary N) is 1. The lowest BCUT2D eigenvalue weighted by atomic mass is 10.0. The topological polar surface area (TPSA) is 95.9 Å². The van der Waals surface area contributed by atoms with Gasteiger partial charge in [-0.05, 0) is 57.8 Å².